The first-order valence-corrected chi connectivity index (χ1v) is 6.44. The molecule has 0 aromatic heterocycles. The van der Waals surface area contributed by atoms with Crippen LogP contribution >= 0.6 is 43.5 Å². The first kappa shape index (κ1) is 12.2. The Balaban J connectivity index is 3.03. The lowest BCUT2D eigenvalue weighted by Gasteiger charge is -2.05. The predicted octanol–water partition coefficient (Wildman–Crippen LogP) is 4.15. The van der Waals surface area contributed by atoms with E-state index in [2.05, 4.69) is 31.9 Å². The number of ketones is 1. The molecule has 0 bridgehead atoms. The van der Waals surface area contributed by atoms with E-state index >= 15 is 0 Å². The van der Waals surface area contributed by atoms with Gasteiger partial charge in [-0.25, -0.2) is 0 Å². The van der Waals surface area contributed by atoms with E-state index in [-0.39, 0.29) is 5.78 Å². The highest BCUT2D eigenvalue weighted by Gasteiger charge is 2.13. The van der Waals surface area contributed by atoms with Gasteiger partial charge < -0.3 is 0 Å². The van der Waals surface area contributed by atoms with Gasteiger partial charge in [-0.2, -0.15) is 0 Å². The van der Waals surface area contributed by atoms with Crippen LogP contribution in [0, 0.1) is 0 Å². The molecule has 0 aliphatic carbocycles. The molecule has 0 spiro atoms. The second-order valence-corrected chi connectivity index (χ2v) is 4.99. The molecule has 76 valence electrons. The Kier molecular flexibility index (Phi) is 4.61. The summed E-state index contributed by atoms with van der Waals surface area (Å²) < 4.78 is 0.928. The number of halogens is 3. The molecule has 0 amide bonds. The van der Waals surface area contributed by atoms with Crippen molar-refractivity contribution < 1.29 is 4.79 Å². The molecule has 0 saturated heterocycles. The van der Waals surface area contributed by atoms with E-state index in [1.165, 1.54) is 0 Å². The molecular weight excluding hydrogens is 331 g/mol. The molecule has 0 N–H and O–H groups in total. The topological polar surface area (TPSA) is 17.1 Å². The van der Waals surface area contributed by atoms with Gasteiger partial charge in [0.25, 0.3) is 0 Å². The number of carbonyl (C=O) groups excluding carboxylic acids is 1. The van der Waals surface area contributed by atoms with Gasteiger partial charge in [-0.3, -0.25) is 4.79 Å². The molecule has 0 saturated carbocycles. The summed E-state index contributed by atoms with van der Waals surface area (Å²) in [5, 5.41) is 0.287. The molecule has 4 heteroatoms. The first-order valence-electron chi connectivity index (χ1n) is 4.09. The number of benzene rings is 1. The van der Waals surface area contributed by atoms with Gasteiger partial charge in [-0.1, -0.05) is 44.0 Å². The van der Waals surface area contributed by atoms with Crippen molar-refractivity contribution in [3.63, 3.8) is 0 Å². The molecule has 0 radical (unpaired) electrons. The molecule has 0 aliphatic rings. The van der Waals surface area contributed by atoms with Gasteiger partial charge in [0.15, 0.2) is 5.78 Å². The summed E-state index contributed by atoms with van der Waals surface area (Å²) in [6, 6.07) is 5.51. The van der Waals surface area contributed by atoms with E-state index in [9.17, 15) is 4.79 Å². The zero-order valence-corrected chi connectivity index (χ0v) is 11.5. The zero-order valence-electron chi connectivity index (χ0n) is 7.56. The molecule has 14 heavy (non-hydrogen) atoms. The Morgan fingerprint density at radius 3 is 2.64 bits per heavy atom. The van der Waals surface area contributed by atoms with E-state index in [4.69, 9.17) is 11.6 Å². The number of carbonyl (C=O) groups is 1. The van der Waals surface area contributed by atoms with E-state index in [0.717, 1.165) is 15.4 Å². The Morgan fingerprint density at radius 2 is 2.21 bits per heavy atom. The third kappa shape index (κ3) is 2.81. The number of hydrogen-bond donors (Lipinski definition) is 0. The fourth-order valence-corrected chi connectivity index (χ4v) is 2.55. The molecule has 0 heterocycles. The lowest BCUT2D eigenvalue weighted by atomic mass is 10.1. The van der Waals surface area contributed by atoms with Crippen molar-refractivity contribution in [2.75, 3.05) is 0 Å². The third-order valence-corrected chi connectivity index (χ3v) is 3.38. The van der Waals surface area contributed by atoms with E-state index < -0.39 is 5.38 Å². The van der Waals surface area contributed by atoms with Crippen molar-refractivity contribution in [1.82, 2.24) is 0 Å². The Bertz CT molecular complexity index is 350. The highest BCUT2D eigenvalue weighted by Crippen LogP contribution is 2.22. The van der Waals surface area contributed by atoms with Crippen LogP contribution in [0.25, 0.3) is 0 Å². The quantitative estimate of drug-likeness (QED) is 0.597. The lowest BCUT2D eigenvalue weighted by molar-refractivity contribution is 0.0991. The Morgan fingerprint density at radius 1 is 1.57 bits per heavy atom. The smallest absolute Gasteiger partial charge is 0.180 e. The average Bonchev–Trinajstić information content (AvgIpc) is 2.16. The highest BCUT2D eigenvalue weighted by molar-refractivity contribution is 9.10. The summed E-state index contributed by atoms with van der Waals surface area (Å²) in [6.07, 6.45) is 0. The molecular formula is C10H9Br2ClO. The van der Waals surface area contributed by atoms with Crippen LogP contribution in [0.5, 0.6) is 0 Å². The van der Waals surface area contributed by atoms with Crippen LogP contribution in [0.4, 0.5) is 0 Å². The molecule has 1 atom stereocenters. The van der Waals surface area contributed by atoms with Crippen molar-refractivity contribution in [3.05, 3.63) is 33.8 Å². The average molecular weight is 340 g/mol. The van der Waals surface area contributed by atoms with E-state index in [0.29, 0.717) is 5.56 Å². The number of alkyl halides is 2. The minimum absolute atomic E-state index is 0.0477. The van der Waals surface area contributed by atoms with Crippen LogP contribution < -0.4 is 0 Å². The van der Waals surface area contributed by atoms with E-state index in [1.54, 1.807) is 19.1 Å². The zero-order chi connectivity index (χ0) is 10.7. The molecule has 1 unspecified atom stereocenters. The maximum Gasteiger partial charge on any atom is 0.180 e. The molecule has 1 aromatic rings. The normalized spacial score (nSPS) is 12.6. The van der Waals surface area contributed by atoms with Crippen LogP contribution in [0.3, 0.4) is 0 Å². The molecule has 1 nitrogen and oxygen atoms in total. The maximum atomic E-state index is 11.5. The van der Waals surface area contributed by atoms with Crippen molar-refractivity contribution in [2.24, 2.45) is 0 Å². The second kappa shape index (κ2) is 5.29. The van der Waals surface area contributed by atoms with E-state index in [1.807, 2.05) is 6.07 Å². The fourth-order valence-electron chi connectivity index (χ4n) is 1.04. The monoisotopic (exact) mass is 338 g/mol. The Labute approximate surface area is 105 Å². The maximum absolute atomic E-state index is 11.5. The highest BCUT2D eigenvalue weighted by atomic mass is 79.9. The molecule has 0 fully saturated rings. The predicted molar refractivity (Wildman–Crippen MR) is 66.4 cm³/mol. The second-order valence-electron chi connectivity index (χ2n) is 2.92. The van der Waals surface area contributed by atoms with Gasteiger partial charge in [0, 0.05) is 15.4 Å². The van der Waals surface area contributed by atoms with Crippen LogP contribution in [-0.2, 0) is 5.33 Å². The Hall–Kier alpha value is 0.140. The van der Waals surface area contributed by atoms with Crippen LogP contribution in [-0.4, -0.2) is 11.2 Å². The number of Topliss-reactive ketones (excluding diaryl/α,β-unsaturated/α-hetero) is 1. The van der Waals surface area contributed by atoms with Crippen LogP contribution in [0.15, 0.2) is 22.7 Å². The summed E-state index contributed by atoms with van der Waals surface area (Å²) in [7, 11) is 0. The SMILES string of the molecule is CC(Cl)C(=O)c1ccc(CBr)c(Br)c1. The first-order chi connectivity index (χ1) is 6.56. The molecule has 1 rings (SSSR count). The van der Waals surface area contributed by atoms with Crippen molar-refractivity contribution >= 4 is 49.2 Å². The van der Waals surface area contributed by atoms with Gasteiger partial charge in [-0.05, 0) is 18.6 Å². The summed E-state index contributed by atoms with van der Waals surface area (Å²) in [5.74, 6) is -0.0477. The number of rotatable bonds is 3. The fraction of sp³-hybridized carbons (Fsp3) is 0.300. The minimum Gasteiger partial charge on any atom is -0.293 e. The van der Waals surface area contributed by atoms with Gasteiger partial charge in [0.1, 0.15) is 0 Å². The summed E-state index contributed by atoms with van der Waals surface area (Å²) >= 11 is 12.5. The standard InChI is InChI=1S/C10H9Br2ClO/c1-6(13)10(14)7-2-3-8(5-11)9(12)4-7/h2-4,6H,5H2,1H3. The summed E-state index contributed by atoms with van der Waals surface area (Å²) in [4.78, 5) is 11.5. The molecule has 1 aromatic carbocycles. The minimum atomic E-state index is -0.475. The molecule has 0 aliphatic heterocycles. The van der Waals surface area contributed by atoms with Crippen molar-refractivity contribution in [2.45, 2.75) is 17.6 Å². The van der Waals surface area contributed by atoms with Gasteiger partial charge >= 0.3 is 0 Å². The van der Waals surface area contributed by atoms with Gasteiger partial charge in [-0.15, -0.1) is 11.6 Å². The third-order valence-electron chi connectivity index (χ3n) is 1.84. The van der Waals surface area contributed by atoms with Crippen molar-refractivity contribution in [1.29, 1.82) is 0 Å². The largest absolute Gasteiger partial charge is 0.293 e. The van der Waals surface area contributed by atoms with Crippen molar-refractivity contribution in [3.8, 4) is 0 Å². The lowest BCUT2D eigenvalue weighted by Crippen LogP contribution is -2.10. The summed E-state index contributed by atoms with van der Waals surface area (Å²) in [5.41, 5.74) is 1.76. The van der Waals surface area contributed by atoms with Gasteiger partial charge in [0.05, 0.1) is 5.38 Å². The summed E-state index contributed by atoms with van der Waals surface area (Å²) in [6.45, 7) is 1.68. The van der Waals surface area contributed by atoms with Gasteiger partial charge in [0.2, 0.25) is 0 Å². The number of hydrogen-bond acceptors (Lipinski definition) is 1. The van der Waals surface area contributed by atoms with Crippen LogP contribution in [0.1, 0.15) is 22.8 Å². The van der Waals surface area contributed by atoms with Crippen LogP contribution in [0.2, 0.25) is 0 Å².